The second kappa shape index (κ2) is 8.67. The summed E-state index contributed by atoms with van der Waals surface area (Å²) in [5, 5.41) is 6.49. The SMILES string of the molecule is O=C(Nc1c(-c2ccnc(OC(F)F)c2)ccc2c1CCC2)NS(=O)(=O)c1ccn(C2CC2)n1. The van der Waals surface area contributed by atoms with Gasteiger partial charge < -0.3 is 10.1 Å². The molecule has 12 heteroatoms. The second-order valence-electron chi connectivity index (χ2n) is 8.17. The molecule has 0 unspecified atom stereocenters. The topological polar surface area (TPSA) is 115 Å². The molecule has 1 saturated carbocycles. The Kier molecular flexibility index (Phi) is 5.68. The van der Waals surface area contributed by atoms with Gasteiger partial charge in [0.2, 0.25) is 5.88 Å². The zero-order valence-corrected chi connectivity index (χ0v) is 18.7. The van der Waals surface area contributed by atoms with Gasteiger partial charge in [0.1, 0.15) is 0 Å². The molecule has 2 N–H and O–H groups in total. The fraction of sp³-hybridized carbons (Fsp3) is 0.318. The maximum Gasteiger partial charge on any atom is 0.388 e. The summed E-state index contributed by atoms with van der Waals surface area (Å²) in [6.07, 6.45) is 7.16. The van der Waals surface area contributed by atoms with Gasteiger partial charge in [-0.05, 0) is 60.9 Å². The van der Waals surface area contributed by atoms with Crippen molar-refractivity contribution < 1.29 is 26.7 Å². The number of benzene rings is 1. The number of rotatable bonds is 7. The molecule has 0 bridgehead atoms. The van der Waals surface area contributed by atoms with E-state index in [0.29, 0.717) is 23.2 Å². The molecule has 0 atom stereocenters. The van der Waals surface area contributed by atoms with Crippen LogP contribution in [0.15, 0.2) is 47.8 Å². The number of pyridine rings is 1. The normalized spacial score (nSPS) is 15.3. The monoisotopic (exact) mass is 489 g/mol. The summed E-state index contributed by atoms with van der Waals surface area (Å²) in [4.78, 5) is 16.6. The fourth-order valence-electron chi connectivity index (χ4n) is 4.10. The molecule has 34 heavy (non-hydrogen) atoms. The molecule has 2 aliphatic rings. The average Bonchev–Trinajstić information content (AvgIpc) is 3.30. The summed E-state index contributed by atoms with van der Waals surface area (Å²) < 4.78 is 58.6. The molecule has 0 aliphatic heterocycles. The number of nitrogens with one attached hydrogen (secondary N) is 2. The number of fused-ring (bicyclic) bond motifs is 1. The maximum atomic E-state index is 12.8. The largest absolute Gasteiger partial charge is 0.417 e. The van der Waals surface area contributed by atoms with Gasteiger partial charge in [-0.3, -0.25) is 4.68 Å². The van der Waals surface area contributed by atoms with Crippen LogP contribution in [0, 0.1) is 0 Å². The molecular weight excluding hydrogens is 468 g/mol. The number of halogens is 2. The summed E-state index contributed by atoms with van der Waals surface area (Å²) >= 11 is 0. The van der Waals surface area contributed by atoms with Gasteiger partial charge in [-0.25, -0.2) is 14.5 Å². The van der Waals surface area contributed by atoms with Gasteiger partial charge in [0.15, 0.2) is 5.03 Å². The Balaban J connectivity index is 1.42. The maximum absolute atomic E-state index is 12.8. The van der Waals surface area contributed by atoms with Crippen LogP contribution in [0.4, 0.5) is 19.3 Å². The number of sulfonamides is 1. The number of anilines is 1. The van der Waals surface area contributed by atoms with Crippen LogP contribution in [0.1, 0.15) is 36.4 Å². The number of nitrogens with zero attached hydrogens (tertiary/aromatic N) is 3. The zero-order valence-electron chi connectivity index (χ0n) is 17.9. The van der Waals surface area contributed by atoms with Crippen molar-refractivity contribution in [1.82, 2.24) is 19.5 Å². The van der Waals surface area contributed by atoms with E-state index < -0.39 is 22.7 Å². The Labute approximate surface area is 194 Å². The van der Waals surface area contributed by atoms with Crippen molar-refractivity contribution in [3.8, 4) is 17.0 Å². The van der Waals surface area contributed by atoms with Crippen molar-refractivity contribution in [3.05, 3.63) is 53.9 Å². The molecule has 2 aliphatic carbocycles. The zero-order chi connectivity index (χ0) is 23.9. The lowest BCUT2D eigenvalue weighted by atomic mass is 9.98. The highest BCUT2D eigenvalue weighted by atomic mass is 32.2. The van der Waals surface area contributed by atoms with Crippen molar-refractivity contribution in [2.45, 2.75) is 49.8 Å². The molecule has 2 amide bonds. The van der Waals surface area contributed by atoms with E-state index in [-0.39, 0.29) is 16.9 Å². The molecule has 1 fully saturated rings. The van der Waals surface area contributed by atoms with E-state index in [0.717, 1.165) is 36.8 Å². The quantitative estimate of drug-likeness (QED) is 0.521. The number of alkyl halides is 2. The second-order valence-corrected chi connectivity index (χ2v) is 9.79. The highest BCUT2D eigenvalue weighted by Gasteiger charge is 2.28. The lowest BCUT2D eigenvalue weighted by Crippen LogP contribution is -2.35. The van der Waals surface area contributed by atoms with Crippen LogP contribution in [0.5, 0.6) is 5.88 Å². The summed E-state index contributed by atoms with van der Waals surface area (Å²) in [6, 6.07) is 7.21. The Hall–Kier alpha value is -3.54. The number of urea groups is 1. The van der Waals surface area contributed by atoms with E-state index >= 15 is 0 Å². The van der Waals surface area contributed by atoms with Gasteiger partial charge in [-0.1, -0.05) is 12.1 Å². The van der Waals surface area contributed by atoms with Crippen molar-refractivity contribution in [3.63, 3.8) is 0 Å². The van der Waals surface area contributed by atoms with E-state index in [1.54, 1.807) is 23.0 Å². The van der Waals surface area contributed by atoms with Crippen LogP contribution in [-0.4, -0.2) is 35.8 Å². The minimum Gasteiger partial charge on any atom is -0.417 e. The van der Waals surface area contributed by atoms with Gasteiger partial charge in [-0.2, -0.15) is 22.3 Å². The molecule has 1 aromatic carbocycles. The van der Waals surface area contributed by atoms with Crippen LogP contribution in [0.25, 0.3) is 11.1 Å². The van der Waals surface area contributed by atoms with E-state index in [1.807, 2.05) is 10.8 Å². The molecule has 2 heterocycles. The Morgan fingerprint density at radius 3 is 2.76 bits per heavy atom. The molecule has 0 saturated heterocycles. The summed E-state index contributed by atoms with van der Waals surface area (Å²) in [7, 11) is -4.18. The standard InChI is InChI=1S/C22H21F2N5O4S/c23-21(24)33-18-12-14(8-10-25-18)17-7-4-13-2-1-3-16(13)20(17)26-22(30)28-34(31,32)19-9-11-29(27-19)15-5-6-15/h4,7-12,15,21H,1-3,5-6H2,(H2,26,28,30). The summed E-state index contributed by atoms with van der Waals surface area (Å²) in [5.74, 6) is -0.266. The summed E-state index contributed by atoms with van der Waals surface area (Å²) in [5.41, 5.74) is 3.34. The molecule has 5 rings (SSSR count). The highest BCUT2D eigenvalue weighted by molar-refractivity contribution is 7.90. The van der Waals surface area contributed by atoms with Gasteiger partial charge >= 0.3 is 12.6 Å². The third-order valence-corrected chi connectivity index (χ3v) is 7.01. The summed E-state index contributed by atoms with van der Waals surface area (Å²) in [6.45, 7) is -3.03. The lowest BCUT2D eigenvalue weighted by Gasteiger charge is -2.17. The first-order chi connectivity index (χ1) is 16.3. The number of amides is 2. The number of hydrogen-bond donors (Lipinski definition) is 2. The minimum absolute atomic E-state index is 0.201. The Bertz CT molecular complexity index is 1360. The van der Waals surface area contributed by atoms with E-state index in [9.17, 15) is 22.0 Å². The van der Waals surface area contributed by atoms with Crippen LogP contribution in [-0.2, 0) is 22.9 Å². The number of hydrogen-bond acceptors (Lipinski definition) is 6. The third kappa shape index (κ3) is 4.58. The Morgan fingerprint density at radius 2 is 2.00 bits per heavy atom. The first kappa shape index (κ1) is 22.3. The molecule has 3 aromatic rings. The van der Waals surface area contributed by atoms with Crippen LogP contribution in [0.2, 0.25) is 0 Å². The number of aryl methyl sites for hydroxylation is 1. The number of aromatic nitrogens is 3. The van der Waals surface area contributed by atoms with E-state index in [2.05, 4.69) is 20.1 Å². The smallest absolute Gasteiger partial charge is 0.388 e. The average molecular weight is 490 g/mol. The lowest BCUT2D eigenvalue weighted by molar-refractivity contribution is -0.0528. The van der Waals surface area contributed by atoms with Crippen LogP contribution < -0.4 is 14.8 Å². The van der Waals surface area contributed by atoms with Crippen LogP contribution in [0.3, 0.4) is 0 Å². The third-order valence-electron chi connectivity index (χ3n) is 5.78. The number of carbonyl (C=O) groups is 1. The van der Waals surface area contributed by atoms with E-state index in [4.69, 9.17) is 0 Å². The van der Waals surface area contributed by atoms with Crippen molar-refractivity contribution in [1.29, 1.82) is 0 Å². The molecule has 9 nitrogen and oxygen atoms in total. The van der Waals surface area contributed by atoms with Gasteiger partial charge in [0.05, 0.1) is 11.7 Å². The molecule has 2 aromatic heterocycles. The number of ether oxygens (including phenoxy) is 1. The van der Waals surface area contributed by atoms with Gasteiger partial charge in [-0.15, -0.1) is 0 Å². The Morgan fingerprint density at radius 1 is 1.18 bits per heavy atom. The highest BCUT2D eigenvalue weighted by Crippen LogP contribution is 2.38. The first-order valence-corrected chi connectivity index (χ1v) is 12.2. The van der Waals surface area contributed by atoms with Crippen molar-refractivity contribution in [2.75, 3.05) is 5.32 Å². The minimum atomic E-state index is -4.18. The molecule has 178 valence electrons. The van der Waals surface area contributed by atoms with Gasteiger partial charge in [0.25, 0.3) is 10.0 Å². The first-order valence-electron chi connectivity index (χ1n) is 10.7. The number of carbonyl (C=O) groups excluding carboxylic acids is 1. The van der Waals surface area contributed by atoms with Crippen molar-refractivity contribution >= 4 is 21.7 Å². The van der Waals surface area contributed by atoms with Gasteiger partial charge in [0, 0.05) is 24.0 Å². The van der Waals surface area contributed by atoms with E-state index in [1.165, 1.54) is 18.3 Å². The molecular formula is C22H21F2N5O4S. The molecule has 0 radical (unpaired) electrons. The predicted molar refractivity (Wildman–Crippen MR) is 118 cm³/mol. The molecule has 0 spiro atoms. The van der Waals surface area contributed by atoms with Crippen LogP contribution >= 0.6 is 0 Å². The predicted octanol–water partition coefficient (Wildman–Crippen LogP) is 3.88. The van der Waals surface area contributed by atoms with Crippen molar-refractivity contribution in [2.24, 2.45) is 0 Å². The fourth-order valence-corrected chi connectivity index (χ4v) is 4.94.